The van der Waals surface area contributed by atoms with Gasteiger partial charge in [-0.1, -0.05) is 35.9 Å². The van der Waals surface area contributed by atoms with Gasteiger partial charge in [-0.05, 0) is 55.1 Å². The Morgan fingerprint density at radius 3 is 2.42 bits per heavy atom. The number of aromatic nitrogens is 2. The van der Waals surface area contributed by atoms with Gasteiger partial charge in [0.25, 0.3) is 5.91 Å². The Bertz CT molecular complexity index is 1290. The summed E-state index contributed by atoms with van der Waals surface area (Å²) in [6, 6.07) is 18.8. The van der Waals surface area contributed by atoms with Crippen molar-refractivity contribution in [1.82, 2.24) is 14.7 Å². The first-order chi connectivity index (χ1) is 16.0. The molecule has 1 aliphatic rings. The fourth-order valence-corrected chi connectivity index (χ4v) is 5.01. The van der Waals surface area contributed by atoms with Crippen LogP contribution in [0.2, 0.25) is 0 Å². The van der Waals surface area contributed by atoms with E-state index in [1.165, 1.54) is 11.6 Å². The van der Waals surface area contributed by atoms with Gasteiger partial charge in [0.05, 0.1) is 16.3 Å². The number of thiophene rings is 1. The molecule has 0 unspecified atom stereocenters. The lowest BCUT2D eigenvalue weighted by atomic mass is 10.1. The van der Waals surface area contributed by atoms with Gasteiger partial charge < -0.3 is 9.80 Å². The van der Waals surface area contributed by atoms with Crippen molar-refractivity contribution < 1.29 is 9.18 Å². The van der Waals surface area contributed by atoms with E-state index in [1.807, 2.05) is 58.5 Å². The molecule has 5 nitrogen and oxygen atoms in total. The number of rotatable bonds is 4. The van der Waals surface area contributed by atoms with Gasteiger partial charge in [-0.25, -0.2) is 9.07 Å². The van der Waals surface area contributed by atoms with Crippen molar-refractivity contribution in [2.24, 2.45) is 0 Å². The van der Waals surface area contributed by atoms with E-state index in [0.717, 1.165) is 21.8 Å². The second-order valence-corrected chi connectivity index (χ2v) is 9.27. The molecular weight excluding hydrogens is 435 g/mol. The predicted molar refractivity (Wildman–Crippen MR) is 131 cm³/mol. The number of carbonyl (C=O) groups excluding carboxylic acids is 1. The second kappa shape index (κ2) is 8.83. The minimum Gasteiger partial charge on any atom is -0.366 e. The van der Waals surface area contributed by atoms with Crippen LogP contribution in [-0.4, -0.2) is 46.8 Å². The zero-order chi connectivity index (χ0) is 22.9. The maximum Gasteiger partial charge on any atom is 0.272 e. The van der Waals surface area contributed by atoms with Crippen LogP contribution >= 0.6 is 11.3 Å². The van der Waals surface area contributed by atoms with E-state index >= 15 is 0 Å². The maximum atomic E-state index is 14.2. The van der Waals surface area contributed by atoms with E-state index < -0.39 is 0 Å². The van der Waals surface area contributed by atoms with Crippen molar-refractivity contribution in [2.75, 3.05) is 31.1 Å². The Kier molecular flexibility index (Phi) is 5.72. The van der Waals surface area contributed by atoms with Gasteiger partial charge in [-0.15, -0.1) is 11.3 Å². The number of carbonyl (C=O) groups is 1. The number of nitrogens with zero attached hydrogens (tertiary/aromatic N) is 4. The topological polar surface area (TPSA) is 41.4 Å². The minimum atomic E-state index is -0.231. The number of piperazine rings is 1. The molecule has 33 heavy (non-hydrogen) atoms. The average molecular weight is 461 g/mol. The largest absolute Gasteiger partial charge is 0.366 e. The maximum absolute atomic E-state index is 14.2. The standard InChI is InChI=1S/C26H25FN4OS/c1-18-9-10-22(19(2)16-18)31-24(17-21(28-31)25-8-5-15-33-25)26(32)30-13-11-29(12-14-30)23-7-4-3-6-20(23)27/h3-10,15-17H,11-14H2,1-2H3. The number of hydrogen-bond acceptors (Lipinski definition) is 4. The number of para-hydroxylation sites is 1. The van der Waals surface area contributed by atoms with Crippen LogP contribution in [0.15, 0.2) is 66.0 Å². The summed E-state index contributed by atoms with van der Waals surface area (Å²) in [4.78, 5) is 18.5. The molecule has 0 radical (unpaired) electrons. The molecular formula is C26H25FN4OS. The normalized spacial score (nSPS) is 14.0. The van der Waals surface area contributed by atoms with E-state index in [0.29, 0.717) is 37.6 Å². The summed E-state index contributed by atoms with van der Waals surface area (Å²) in [6.07, 6.45) is 0. The number of aryl methyl sites for hydroxylation is 2. The number of hydrogen-bond donors (Lipinski definition) is 0. The number of benzene rings is 2. The summed E-state index contributed by atoms with van der Waals surface area (Å²) < 4.78 is 16.0. The molecule has 0 bridgehead atoms. The Labute approximate surface area is 196 Å². The van der Waals surface area contributed by atoms with Crippen molar-refractivity contribution in [3.05, 3.63) is 88.7 Å². The fraction of sp³-hybridized carbons (Fsp3) is 0.231. The highest BCUT2D eigenvalue weighted by atomic mass is 32.1. The molecule has 1 fully saturated rings. The zero-order valence-electron chi connectivity index (χ0n) is 18.7. The molecule has 2 aromatic heterocycles. The Morgan fingerprint density at radius 2 is 1.73 bits per heavy atom. The fourth-order valence-electron chi connectivity index (χ4n) is 4.33. The molecule has 1 amide bonds. The van der Waals surface area contributed by atoms with Crippen LogP contribution in [0.25, 0.3) is 16.3 Å². The number of amides is 1. The average Bonchev–Trinajstić information content (AvgIpc) is 3.49. The van der Waals surface area contributed by atoms with Crippen LogP contribution in [0.4, 0.5) is 10.1 Å². The second-order valence-electron chi connectivity index (χ2n) is 8.32. The van der Waals surface area contributed by atoms with Crippen molar-refractivity contribution in [3.8, 4) is 16.3 Å². The lowest BCUT2D eigenvalue weighted by Crippen LogP contribution is -2.49. The molecule has 0 N–H and O–H groups in total. The monoisotopic (exact) mass is 460 g/mol. The molecule has 4 aromatic rings. The Morgan fingerprint density at radius 1 is 0.939 bits per heavy atom. The lowest BCUT2D eigenvalue weighted by molar-refractivity contribution is 0.0737. The molecule has 0 saturated carbocycles. The van der Waals surface area contributed by atoms with E-state index in [9.17, 15) is 9.18 Å². The van der Waals surface area contributed by atoms with Crippen LogP contribution in [0.5, 0.6) is 0 Å². The van der Waals surface area contributed by atoms with Crippen molar-refractivity contribution >= 4 is 22.9 Å². The van der Waals surface area contributed by atoms with Crippen LogP contribution in [0.3, 0.4) is 0 Å². The Balaban J connectivity index is 1.44. The SMILES string of the molecule is Cc1ccc(-n2nc(-c3cccs3)cc2C(=O)N2CCN(c3ccccc3F)CC2)c(C)c1. The highest BCUT2D eigenvalue weighted by Crippen LogP contribution is 2.28. The summed E-state index contributed by atoms with van der Waals surface area (Å²) in [5, 5.41) is 6.83. The molecule has 0 spiro atoms. The van der Waals surface area contributed by atoms with E-state index in [-0.39, 0.29) is 11.7 Å². The van der Waals surface area contributed by atoms with Gasteiger partial charge in [0, 0.05) is 26.2 Å². The first-order valence-electron chi connectivity index (χ1n) is 11.0. The minimum absolute atomic E-state index is 0.0570. The predicted octanol–water partition coefficient (Wildman–Crippen LogP) is 5.32. The molecule has 0 atom stereocenters. The highest BCUT2D eigenvalue weighted by molar-refractivity contribution is 7.13. The van der Waals surface area contributed by atoms with Crippen molar-refractivity contribution in [3.63, 3.8) is 0 Å². The summed E-state index contributed by atoms with van der Waals surface area (Å²) >= 11 is 1.60. The van der Waals surface area contributed by atoms with Crippen LogP contribution in [-0.2, 0) is 0 Å². The van der Waals surface area contributed by atoms with Crippen molar-refractivity contribution in [1.29, 1.82) is 0 Å². The third-order valence-corrected chi connectivity index (χ3v) is 6.93. The molecule has 2 aromatic carbocycles. The molecule has 7 heteroatoms. The first kappa shape index (κ1) is 21.4. The van der Waals surface area contributed by atoms with E-state index in [2.05, 4.69) is 13.0 Å². The molecule has 1 saturated heterocycles. The van der Waals surface area contributed by atoms with E-state index in [4.69, 9.17) is 5.10 Å². The first-order valence-corrected chi connectivity index (χ1v) is 11.9. The highest BCUT2D eigenvalue weighted by Gasteiger charge is 2.27. The van der Waals surface area contributed by atoms with Gasteiger partial charge in [-0.2, -0.15) is 5.10 Å². The summed E-state index contributed by atoms with van der Waals surface area (Å²) in [5.41, 5.74) is 5.05. The molecule has 0 aliphatic carbocycles. The summed E-state index contributed by atoms with van der Waals surface area (Å²) in [7, 11) is 0. The van der Waals surface area contributed by atoms with Gasteiger partial charge >= 0.3 is 0 Å². The smallest absolute Gasteiger partial charge is 0.272 e. The molecule has 5 rings (SSSR count). The van der Waals surface area contributed by atoms with Gasteiger partial charge in [0.1, 0.15) is 17.2 Å². The van der Waals surface area contributed by atoms with Crippen molar-refractivity contribution in [2.45, 2.75) is 13.8 Å². The van der Waals surface area contributed by atoms with Crippen LogP contribution in [0, 0.1) is 19.7 Å². The summed E-state index contributed by atoms with van der Waals surface area (Å²) in [6.45, 7) is 6.32. The van der Waals surface area contributed by atoms with Gasteiger partial charge in [0.15, 0.2) is 0 Å². The van der Waals surface area contributed by atoms with E-state index in [1.54, 1.807) is 28.2 Å². The van der Waals surface area contributed by atoms with Crippen LogP contribution < -0.4 is 4.90 Å². The zero-order valence-corrected chi connectivity index (χ0v) is 19.5. The third-order valence-electron chi connectivity index (χ3n) is 6.04. The van der Waals surface area contributed by atoms with Gasteiger partial charge in [0.2, 0.25) is 0 Å². The quantitative estimate of drug-likeness (QED) is 0.414. The number of halogens is 1. The third kappa shape index (κ3) is 4.16. The van der Waals surface area contributed by atoms with Gasteiger partial charge in [-0.3, -0.25) is 4.79 Å². The molecule has 168 valence electrons. The number of anilines is 1. The van der Waals surface area contributed by atoms with Crippen LogP contribution in [0.1, 0.15) is 21.6 Å². The Hall–Kier alpha value is -3.45. The molecule has 3 heterocycles. The molecule has 1 aliphatic heterocycles. The summed E-state index contributed by atoms with van der Waals surface area (Å²) in [5.74, 6) is -0.288. The lowest BCUT2D eigenvalue weighted by Gasteiger charge is -2.36.